The molecule has 3 rings (SSSR count). The Morgan fingerprint density at radius 1 is 1.11 bits per heavy atom. The first-order valence-electron chi connectivity index (χ1n) is 12.2. The number of aryl methyl sites for hydroxylation is 1. The number of carbonyl (C=O) groups is 3. The number of anilines is 3. The fraction of sp³-hybridized carbons (Fsp3) is 0.481. The first-order chi connectivity index (χ1) is 16.8. The number of rotatable bonds is 4. The maximum Gasteiger partial charge on any atom is 0.413 e. The van der Waals surface area contributed by atoms with Crippen LogP contribution in [0.2, 0.25) is 0 Å². The number of pyridine rings is 1. The lowest BCUT2D eigenvalue weighted by atomic mass is 9.89. The van der Waals surface area contributed by atoms with Crippen molar-refractivity contribution in [2.45, 2.75) is 59.1 Å². The van der Waals surface area contributed by atoms with Crippen LogP contribution in [-0.2, 0) is 14.3 Å². The van der Waals surface area contributed by atoms with E-state index in [1.807, 2.05) is 37.2 Å². The van der Waals surface area contributed by atoms with Crippen LogP contribution < -0.4 is 15.5 Å². The van der Waals surface area contributed by atoms with Crippen molar-refractivity contribution in [3.05, 3.63) is 47.7 Å². The summed E-state index contributed by atoms with van der Waals surface area (Å²) in [5, 5.41) is 5.27. The number of nitrogens with one attached hydrogen (secondary N) is 2. The molecule has 1 aliphatic heterocycles. The highest BCUT2D eigenvalue weighted by Crippen LogP contribution is 2.35. The Balaban J connectivity index is 1.73. The van der Waals surface area contributed by atoms with Crippen molar-refractivity contribution in [3.63, 3.8) is 0 Å². The molecule has 0 unspecified atom stereocenters. The number of benzene rings is 1. The molecule has 2 aromatic rings. The minimum atomic E-state index is -0.716. The molecule has 0 saturated carbocycles. The molecule has 9 heteroatoms. The highest BCUT2D eigenvalue weighted by atomic mass is 16.6. The molecule has 2 N–H and O–H groups in total. The van der Waals surface area contributed by atoms with Crippen molar-refractivity contribution < 1.29 is 19.1 Å². The molecule has 0 aliphatic carbocycles. The van der Waals surface area contributed by atoms with E-state index in [-0.39, 0.29) is 6.04 Å². The van der Waals surface area contributed by atoms with Crippen molar-refractivity contribution >= 4 is 35.1 Å². The highest BCUT2D eigenvalue weighted by Gasteiger charge is 2.34. The Bertz CT molecular complexity index is 1130. The summed E-state index contributed by atoms with van der Waals surface area (Å²) < 4.78 is 5.25. The fourth-order valence-electron chi connectivity index (χ4n) is 4.22. The van der Waals surface area contributed by atoms with Crippen LogP contribution in [0.25, 0.3) is 0 Å². The van der Waals surface area contributed by atoms with Crippen LogP contribution in [-0.4, -0.2) is 54.0 Å². The van der Waals surface area contributed by atoms with E-state index in [0.29, 0.717) is 29.5 Å². The van der Waals surface area contributed by atoms with Gasteiger partial charge < -0.3 is 19.9 Å². The van der Waals surface area contributed by atoms with Crippen LogP contribution in [0.15, 0.2) is 36.5 Å². The van der Waals surface area contributed by atoms with Gasteiger partial charge in [0.1, 0.15) is 11.4 Å². The molecule has 0 radical (unpaired) electrons. The van der Waals surface area contributed by atoms with Gasteiger partial charge in [-0.05, 0) is 75.8 Å². The first kappa shape index (κ1) is 27.0. The predicted octanol–water partition coefficient (Wildman–Crippen LogP) is 4.74. The molecule has 1 aromatic carbocycles. The molecular weight excluding hydrogens is 458 g/mol. The molecule has 1 aromatic heterocycles. The summed E-state index contributed by atoms with van der Waals surface area (Å²) >= 11 is 0. The van der Waals surface area contributed by atoms with E-state index in [1.54, 1.807) is 38.7 Å². The predicted molar refractivity (Wildman–Crippen MR) is 141 cm³/mol. The van der Waals surface area contributed by atoms with E-state index >= 15 is 0 Å². The first-order valence-corrected chi connectivity index (χ1v) is 12.2. The lowest BCUT2D eigenvalue weighted by molar-refractivity contribution is -0.146. The zero-order valence-electron chi connectivity index (χ0n) is 22.2. The number of amides is 3. The van der Waals surface area contributed by atoms with Crippen LogP contribution in [0.5, 0.6) is 0 Å². The van der Waals surface area contributed by atoms with Crippen molar-refractivity contribution in [2.75, 3.05) is 36.2 Å². The van der Waals surface area contributed by atoms with Gasteiger partial charge in [-0.25, -0.2) is 9.78 Å². The monoisotopic (exact) mass is 495 g/mol. The van der Waals surface area contributed by atoms with E-state index in [0.717, 1.165) is 24.1 Å². The number of nitrogens with zero attached hydrogens (tertiary/aromatic N) is 3. The maximum absolute atomic E-state index is 13.3. The summed E-state index contributed by atoms with van der Waals surface area (Å²) in [6.07, 6.45) is 2.57. The number of ether oxygens (including phenoxy) is 1. The van der Waals surface area contributed by atoms with Gasteiger partial charge in [0.15, 0.2) is 0 Å². The number of aromatic nitrogens is 1. The molecule has 2 heterocycles. The average molecular weight is 496 g/mol. The summed E-state index contributed by atoms with van der Waals surface area (Å²) in [6.45, 7) is 9.67. The van der Waals surface area contributed by atoms with Crippen molar-refractivity contribution in [2.24, 2.45) is 5.92 Å². The van der Waals surface area contributed by atoms with Crippen LogP contribution in [0.4, 0.5) is 22.0 Å². The van der Waals surface area contributed by atoms with Gasteiger partial charge in [0, 0.05) is 26.3 Å². The Morgan fingerprint density at radius 3 is 2.47 bits per heavy atom. The molecule has 0 spiro atoms. The average Bonchev–Trinajstić information content (AvgIpc) is 2.79. The van der Waals surface area contributed by atoms with Crippen LogP contribution >= 0.6 is 0 Å². The van der Waals surface area contributed by atoms with Crippen molar-refractivity contribution in [1.82, 2.24) is 9.88 Å². The van der Waals surface area contributed by atoms with Gasteiger partial charge >= 0.3 is 17.9 Å². The second-order valence-electron chi connectivity index (χ2n) is 10.6. The molecule has 2 atom stereocenters. The van der Waals surface area contributed by atoms with E-state index in [1.165, 1.54) is 6.20 Å². The lowest BCUT2D eigenvalue weighted by Gasteiger charge is -2.38. The zero-order valence-corrected chi connectivity index (χ0v) is 22.2. The summed E-state index contributed by atoms with van der Waals surface area (Å²) in [6, 6.07) is 9.57. The zero-order chi connectivity index (χ0) is 26.6. The summed E-state index contributed by atoms with van der Waals surface area (Å²) in [7, 11) is 3.95. The van der Waals surface area contributed by atoms with Crippen LogP contribution in [0.3, 0.4) is 0 Å². The minimum Gasteiger partial charge on any atom is -0.444 e. The van der Waals surface area contributed by atoms with Crippen LogP contribution in [0.1, 0.15) is 57.7 Å². The molecule has 3 amide bonds. The van der Waals surface area contributed by atoms with E-state index in [4.69, 9.17) is 4.74 Å². The largest absolute Gasteiger partial charge is 0.444 e. The third-order valence-electron chi connectivity index (χ3n) is 6.00. The van der Waals surface area contributed by atoms with Crippen molar-refractivity contribution in [3.8, 4) is 0 Å². The molecule has 194 valence electrons. The fourth-order valence-corrected chi connectivity index (χ4v) is 4.22. The third kappa shape index (κ3) is 6.96. The van der Waals surface area contributed by atoms with Gasteiger partial charge in [-0.15, -0.1) is 0 Å². The second-order valence-corrected chi connectivity index (χ2v) is 10.6. The lowest BCUT2D eigenvalue weighted by Crippen LogP contribution is -2.46. The van der Waals surface area contributed by atoms with Gasteiger partial charge in [0.2, 0.25) is 0 Å². The molecule has 1 aliphatic rings. The normalized spacial score (nSPS) is 17.8. The summed E-state index contributed by atoms with van der Waals surface area (Å²) in [4.78, 5) is 46.2. The number of likely N-dealkylation sites (tertiary alicyclic amines) is 1. The summed E-state index contributed by atoms with van der Waals surface area (Å²) in [5.74, 6) is -0.668. The quantitative estimate of drug-likeness (QED) is 0.594. The van der Waals surface area contributed by atoms with Crippen LogP contribution in [0, 0.1) is 12.8 Å². The number of hydrogen-bond donors (Lipinski definition) is 2. The Labute approximate surface area is 213 Å². The Hall–Kier alpha value is -3.62. The number of carbonyl (C=O) groups excluding carboxylic acids is 3. The van der Waals surface area contributed by atoms with Gasteiger partial charge in [-0.2, -0.15) is 0 Å². The molecule has 36 heavy (non-hydrogen) atoms. The van der Waals surface area contributed by atoms with Gasteiger partial charge in [0.05, 0.1) is 17.9 Å². The molecule has 1 fully saturated rings. The molecule has 0 bridgehead atoms. The molecular formula is C27H37N5O4. The highest BCUT2D eigenvalue weighted by molar-refractivity contribution is 6.39. The Kier molecular flexibility index (Phi) is 8.22. The van der Waals surface area contributed by atoms with E-state index < -0.39 is 23.5 Å². The third-order valence-corrected chi connectivity index (χ3v) is 6.00. The van der Waals surface area contributed by atoms with E-state index in [2.05, 4.69) is 28.6 Å². The van der Waals surface area contributed by atoms with E-state index in [9.17, 15) is 14.4 Å². The van der Waals surface area contributed by atoms with Gasteiger partial charge in [-0.1, -0.05) is 19.1 Å². The molecule has 9 nitrogen and oxygen atoms in total. The maximum atomic E-state index is 13.3. The number of piperidine rings is 1. The van der Waals surface area contributed by atoms with Gasteiger partial charge in [0.25, 0.3) is 0 Å². The summed E-state index contributed by atoms with van der Waals surface area (Å²) in [5.41, 5.74) is 2.42. The second kappa shape index (κ2) is 11.0. The smallest absolute Gasteiger partial charge is 0.413 e. The van der Waals surface area contributed by atoms with Gasteiger partial charge in [-0.3, -0.25) is 14.9 Å². The topological polar surface area (TPSA) is 104 Å². The molecule has 1 saturated heterocycles. The Morgan fingerprint density at radius 2 is 1.83 bits per heavy atom. The SMILES string of the molecule is Cc1cc(NC(=O)C(=O)N2C[C@@H](C)CC[C@@H]2c2cccc(N(C)C)c2)cnc1NC(=O)OC(C)(C)C. The van der Waals surface area contributed by atoms with Crippen molar-refractivity contribution in [1.29, 1.82) is 0 Å². The minimum absolute atomic E-state index is 0.167. The standard InChI is InChI=1S/C27H37N5O4/c1-17-11-12-22(19-9-8-10-21(14-19)31(6)7)32(16-17)25(34)24(33)29-20-13-18(2)23(28-15-20)30-26(35)36-27(3,4)5/h8-10,13-15,17,22H,11-12,16H2,1-7H3,(H,29,33)(H,28,30,35)/t17-,22+/m0/s1. The number of hydrogen-bond acceptors (Lipinski definition) is 6.